The molecule has 0 aromatic heterocycles. The molecule has 0 atom stereocenters. The van der Waals surface area contributed by atoms with Crippen molar-refractivity contribution in [3.05, 3.63) is 60.2 Å². The lowest BCUT2D eigenvalue weighted by molar-refractivity contribution is 0.0367. The van der Waals surface area contributed by atoms with E-state index < -0.39 is 0 Å². The van der Waals surface area contributed by atoms with Crippen LogP contribution in [0.3, 0.4) is 0 Å². The molecule has 1 heterocycles. The average Bonchev–Trinajstić information content (AvgIpc) is 2.79. The van der Waals surface area contributed by atoms with E-state index in [4.69, 9.17) is 14.2 Å². The molecule has 0 saturated carbocycles. The SMILES string of the molecule is c1ccc2c(CN3CCOCCNCCOCCOCC3)c3ccccc3cc2c1. The van der Waals surface area contributed by atoms with Gasteiger partial charge in [-0.1, -0.05) is 48.5 Å². The molecule has 0 unspecified atom stereocenters. The van der Waals surface area contributed by atoms with Crippen LogP contribution in [0.1, 0.15) is 5.56 Å². The van der Waals surface area contributed by atoms with Crippen molar-refractivity contribution < 1.29 is 14.2 Å². The summed E-state index contributed by atoms with van der Waals surface area (Å²) < 4.78 is 17.3. The van der Waals surface area contributed by atoms with Gasteiger partial charge in [0.15, 0.2) is 0 Å². The fourth-order valence-corrected chi connectivity index (χ4v) is 4.00. The zero-order valence-electron chi connectivity index (χ0n) is 17.6. The summed E-state index contributed by atoms with van der Waals surface area (Å²) in [6, 6.07) is 19.7. The lowest BCUT2D eigenvalue weighted by atomic mass is 9.96. The molecule has 1 fully saturated rings. The number of benzene rings is 3. The Kier molecular flexibility index (Phi) is 8.06. The van der Waals surface area contributed by atoms with Gasteiger partial charge >= 0.3 is 0 Å². The number of rotatable bonds is 2. The van der Waals surface area contributed by atoms with E-state index in [2.05, 4.69) is 64.8 Å². The van der Waals surface area contributed by atoms with Gasteiger partial charge in [-0.25, -0.2) is 0 Å². The smallest absolute Gasteiger partial charge is 0.0701 e. The normalized spacial score (nSPS) is 18.8. The maximum atomic E-state index is 5.87. The molecule has 0 spiro atoms. The van der Waals surface area contributed by atoms with Crippen molar-refractivity contribution in [3.63, 3.8) is 0 Å². The Bertz CT molecular complexity index is 861. The Morgan fingerprint density at radius 1 is 0.667 bits per heavy atom. The van der Waals surface area contributed by atoms with Gasteiger partial charge in [-0.2, -0.15) is 0 Å². The van der Waals surface area contributed by atoms with Gasteiger partial charge < -0.3 is 19.5 Å². The number of fused-ring (bicyclic) bond motifs is 2. The van der Waals surface area contributed by atoms with Crippen molar-refractivity contribution in [2.45, 2.75) is 6.54 Å². The van der Waals surface area contributed by atoms with Crippen LogP contribution < -0.4 is 5.32 Å². The Hall–Kier alpha value is -2.02. The van der Waals surface area contributed by atoms with Crippen LogP contribution in [0.2, 0.25) is 0 Å². The summed E-state index contributed by atoms with van der Waals surface area (Å²) in [6.45, 7) is 8.49. The first kappa shape index (κ1) is 21.2. The molecule has 160 valence electrons. The molecular weight excluding hydrogens is 376 g/mol. The lowest BCUT2D eigenvalue weighted by Crippen LogP contribution is -2.31. The topological polar surface area (TPSA) is 43.0 Å². The molecule has 0 radical (unpaired) electrons. The number of hydrogen-bond acceptors (Lipinski definition) is 5. The molecule has 1 saturated heterocycles. The van der Waals surface area contributed by atoms with Crippen molar-refractivity contribution in [2.24, 2.45) is 0 Å². The van der Waals surface area contributed by atoms with E-state index in [9.17, 15) is 0 Å². The number of ether oxygens (including phenoxy) is 3. The fraction of sp³-hybridized carbons (Fsp3) is 0.440. The molecule has 0 aliphatic carbocycles. The Morgan fingerprint density at radius 2 is 1.20 bits per heavy atom. The second-order valence-corrected chi connectivity index (χ2v) is 7.66. The Morgan fingerprint density at radius 3 is 1.83 bits per heavy atom. The standard InChI is InChI=1S/C25H32N2O3/c1-3-7-23-21(5-1)19-22-6-2-4-8-24(22)25(23)20-27-11-15-28-13-9-26-10-14-29-17-18-30-16-12-27/h1-8,19,26H,9-18,20H2. The van der Waals surface area contributed by atoms with E-state index in [1.807, 2.05) is 0 Å². The number of nitrogens with one attached hydrogen (secondary N) is 1. The van der Waals surface area contributed by atoms with E-state index in [1.165, 1.54) is 27.1 Å². The van der Waals surface area contributed by atoms with E-state index in [1.54, 1.807) is 0 Å². The minimum atomic E-state index is 0.640. The first-order valence-corrected chi connectivity index (χ1v) is 11.0. The van der Waals surface area contributed by atoms with Crippen LogP contribution >= 0.6 is 0 Å². The Balaban J connectivity index is 1.54. The first-order chi connectivity index (χ1) is 14.9. The summed E-state index contributed by atoms with van der Waals surface area (Å²) in [5, 5.41) is 8.58. The van der Waals surface area contributed by atoms with Crippen LogP contribution in [-0.4, -0.2) is 70.7 Å². The third kappa shape index (κ3) is 5.78. The van der Waals surface area contributed by atoms with Crippen LogP contribution in [0, 0.1) is 0 Å². The van der Waals surface area contributed by atoms with E-state index in [0.29, 0.717) is 26.4 Å². The van der Waals surface area contributed by atoms with Gasteiger partial charge in [-0.3, -0.25) is 4.90 Å². The molecule has 30 heavy (non-hydrogen) atoms. The Labute approximate surface area is 178 Å². The summed E-state index contributed by atoms with van der Waals surface area (Å²) in [5.41, 5.74) is 1.38. The van der Waals surface area contributed by atoms with Gasteiger partial charge in [0.2, 0.25) is 0 Å². The number of nitrogens with zero attached hydrogens (tertiary/aromatic N) is 1. The van der Waals surface area contributed by atoms with Crippen LogP contribution in [0.4, 0.5) is 0 Å². The fourth-order valence-electron chi connectivity index (χ4n) is 4.00. The third-order valence-corrected chi connectivity index (χ3v) is 5.59. The summed E-state index contributed by atoms with van der Waals surface area (Å²) >= 11 is 0. The molecule has 1 N–H and O–H groups in total. The molecule has 5 nitrogen and oxygen atoms in total. The molecule has 1 aliphatic rings. The molecule has 1 aliphatic heterocycles. The minimum absolute atomic E-state index is 0.640. The van der Waals surface area contributed by atoms with Gasteiger partial charge in [0, 0.05) is 32.7 Å². The maximum Gasteiger partial charge on any atom is 0.0701 e. The summed E-state index contributed by atoms with van der Waals surface area (Å²) in [6.07, 6.45) is 0. The van der Waals surface area contributed by atoms with Crippen molar-refractivity contribution in [3.8, 4) is 0 Å². The van der Waals surface area contributed by atoms with Crippen molar-refractivity contribution >= 4 is 21.5 Å². The van der Waals surface area contributed by atoms with Gasteiger partial charge in [-0.05, 0) is 33.2 Å². The highest BCUT2D eigenvalue weighted by molar-refractivity contribution is 6.02. The first-order valence-electron chi connectivity index (χ1n) is 11.0. The van der Waals surface area contributed by atoms with Crippen LogP contribution in [0.25, 0.3) is 21.5 Å². The monoisotopic (exact) mass is 408 g/mol. The van der Waals surface area contributed by atoms with Crippen LogP contribution in [0.5, 0.6) is 0 Å². The second-order valence-electron chi connectivity index (χ2n) is 7.66. The van der Waals surface area contributed by atoms with Crippen molar-refractivity contribution in [1.29, 1.82) is 0 Å². The van der Waals surface area contributed by atoms with E-state index in [0.717, 1.165) is 45.9 Å². The highest BCUT2D eigenvalue weighted by atomic mass is 16.5. The number of hydrogen-bond donors (Lipinski definition) is 1. The third-order valence-electron chi connectivity index (χ3n) is 5.59. The quantitative estimate of drug-likeness (QED) is 0.658. The van der Waals surface area contributed by atoms with Crippen molar-refractivity contribution in [1.82, 2.24) is 10.2 Å². The molecule has 3 aromatic rings. The molecule has 5 heteroatoms. The lowest BCUT2D eigenvalue weighted by Gasteiger charge is -2.24. The van der Waals surface area contributed by atoms with Crippen LogP contribution in [-0.2, 0) is 20.8 Å². The van der Waals surface area contributed by atoms with Gasteiger partial charge in [0.05, 0.1) is 39.6 Å². The van der Waals surface area contributed by atoms with Gasteiger partial charge in [0.1, 0.15) is 0 Å². The summed E-state index contributed by atoms with van der Waals surface area (Å²) in [5.74, 6) is 0. The van der Waals surface area contributed by atoms with Gasteiger partial charge in [0.25, 0.3) is 0 Å². The average molecular weight is 409 g/mol. The molecule has 4 rings (SSSR count). The zero-order chi connectivity index (χ0) is 20.4. The predicted octanol–water partition coefficient (Wildman–Crippen LogP) is 3.45. The minimum Gasteiger partial charge on any atom is -0.379 e. The molecule has 0 amide bonds. The van der Waals surface area contributed by atoms with Crippen molar-refractivity contribution in [2.75, 3.05) is 65.8 Å². The maximum absolute atomic E-state index is 5.87. The van der Waals surface area contributed by atoms with E-state index in [-0.39, 0.29) is 0 Å². The summed E-state index contributed by atoms with van der Waals surface area (Å²) in [7, 11) is 0. The van der Waals surface area contributed by atoms with Gasteiger partial charge in [-0.15, -0.1) is 0 Å². The highest BCUT2D eigenvalue weighted by Gasteiger charge is 2.13. The molecule has 0 bridgehead atoms. The van der Waals surface area contributed by atoms with Crippen LogP contribution in [0.15, 0.2) is 54.6 Å². The van der Waals surface area contributed by atoms with E-state index >= 15 is 0 Å². The molecule has 3 aromatic carbocycles. The summed E-state index contributed by atoms with van der Waals surface area (Å²) in [4.78, 5) is 2.45. The highest BCUT2D eigenvalue weighted by Crippen LogP contribution is 2.29. The zero-order valence-corrected chi connectivity index (χ0v) is 17.6. The molecular formula is C25H32N2O3. The second kappa shape index (κ2) is 11.4. The predicted molar refractivity (Wildman–Crippen MR) is 122 cm³/mol. The largest absolute Gasteiger partial charge is 0.379 e.